The molecule has 8 heteroatoms. The molecule has 0 aliphatic heterocycles. The van der Waals surface area contributed by atoms with Gasteiger partial charge in [-0.15, -0.1) is 0 Å². The van der Waals surface area contributed by atoms with Gasteiger partial charge in [0.1, 0.15) is 6.04 Å². The molecule has 4 N–H and O–H groups in total. The highest BCUT2D eigenvalue weighted by Gasteiger charge is 2.24. The third-order valence-corrected chi connectivity index (χ3v) is 3.26. The minimum absolute atomic E-state index is 0.226. The van der Waals surface area contributed by atoms with Crippen molar-refractivity contribution in [1.82, 2.24) is 15.1 Å². The summed E-state index contributed by atoms with van der Waals surface area (Å²) in [6, 6.07) is 7.81. The molecule has 2 amide bonds. The quantitative estimate of drug-likeness (QED) is 0.703. The molecule has 0 saturated heterocycles. The number of hydrogen-bond acceptors (Lipinski definition) is 4. The molecule has 120 valence electrons. The molecule has 0 spiro atoms. The molecule has 1 unspecified atom stereocenters. The molecule has 1 aromatic carbocycles. The third kappa shape index (κ3) is 3.73. The molecule has 8 nitrogen and oxygen atoms in total. The molecule has 0 saturated carbocycles. The lowest BCUT2D eigenvalue weighted by Crippen LogP contribution is -2.43. The first-order valence-corrected chi connectivity index (χ1v) is 6.82. The number of rotatable bonds is 6. The molecule has 0 aliphatic rings. The Bertz CT molecular complexity index is 739. The van der Waals surface area contributed by atoms with Gasteiger partial charge in [-0.25, -0.2) is 9.48 Å². The van der Waals surface area contributed by atoms with Crippen LogP contribution in [0.25, 0.3) is 5.69 Å². The van der Waals surface area contributed by atoms with E-state index in [1.54, 1.807) is 11.6 Å². The first-order valence-electron chi connectivity index (χ1n) is 6.82. The number of benzene rings is 1. The first-order chi connectivity index (χ1) is 10.9. The van der Waals surface area contributed by atoms with Crippen molar-refractivity contribution in [3.8, 4) is 5.69 Å². The fourth-order valence-electron chi connectivity index (χ4n) is 2.10. The fraction of sp³-hybridized carbons (Fsp3) is 0.200. The van der Waals surface area contributed by atoms with Gasteiger partial charge in [-0.1, -0.05) is 18.2 Å². The maximum atomic E-state index is 12.2. The SMILES string of the molecule is Cc1c(C(=O)NC(CC(N)=O)C(=O)O)cnn1-c1ccccc1. The summed E-state index contributed by atoms with van der Waals surface area (Å²) < 4.78 is 1.57. The second kappa shape index (κ2) is 6.73. The first kappa shape index (κ1) is 16.2. The maximum absolute atomic E-state index is 12.2. The number of carbonyl (C=O) groups is 3. The summed E-state index contributed by atoms with van der Waals surface area (Å²) in [5.74, 6) is -2.77. The Morgan fingerprint density at radius 1 is 1.30 bits per heavy atom. The zero-order valence-corrected chi connectivity index (χ0v) is 12.4. The Kier molecular flexibility index (Phi) is 4.75. The summed E-state index contributed by atoms with van der Waals surface area (Å²) in [7, 11) is 0. The molecule has 1 heterocycles. The molecule has 2 aromatic rings. The molecule has 1 aromatic heterocycles. The van der Waals surface area contributed by atoms with Gasteiger partial charge in [0.05, 0.1) is 29.6 Å². The lowest BCUT2D eigenvalue weighted by Gasteiger charge is -2.12. The van der Waals surface area contributed by atoms with Gasteiger partial charge in [0, 0.05) is 0 Å². The summed E-state index contributed by atoms with van der Waals surface area (Å²) in [5.41, 5.74) is 6.54. The number of hydrogen-bond donors (Lipinski definition) is 3. The number of carbonyl (C=O) groups excluding carboxylic acids is 2. The van der Waals surface area contributed by atoms with Crippen LogP contribution >= 0.6 is 0 Å². The molecular formula is C15H16N4O4. The Hall–Kier alpha value is -3.16. The molecular weight excluding hydrogens is 300 g/mol. The van der Waals surface area contributed by atoms with Crippen molar-refractivity contribution in [2.75, 3.05) is 0 Å². The Balaban J connectivity index is 2.22. The largest absolute Gasteiger partial charge is 0.480 e. The fourth-order valence-corrected chi connectivity index (χ4v) is 2.10. The van der Waals surface area contributed by atoms with E-state index in [4.69, 9.17) is 10.8 Å². The number of aliphatic carboxylic acids is 1. The summed E-state index contributed by atoms with van der Waals surface area (Å²) in [6.07, 6.45) is 0.869. The van der Waals surface area contributed by atoms with Crippen molar-refractivity contribution >= 4 is 17.8 Å². The molecule has 1 atom stereocenters. The number of aromatic nitrogens is 2. The van der Waals surface area contributed by atoms with Gasteiger partial charge in [-0.2, -0.15) is 5.10 Å². The van der Waals surface area contributed by atoms with Crippen LogP contribution in [0.1, 0.15) is 22.5 Å². The van der Waals surface area contributed by atoms with Gasteiger partial charge >= 0.3 is 5.97 Å². The number of amides is 2. The average Bonchev–Trinajstić information content (AvgIpc) is 2.88. The lowest BCUT2D eigenvalue weighted by molar-refractivity contribution is -0.140. The molecule has 0 fully saturated rings. The van der Waals surface area contributed by atoms with Crippen LogP contribution in [0.2, 0.25) is 0 Å². The highest BCUT2D eigenvalue weighted by molar-refractivity contribution is 5.98. The minimum Gasteiger partial charge on any atom is -0.480 e. The zero-order valence-electron chi connectivity index (χ0n) is 12.4. The highest BCUT2D eigenvalue weighted by atomic mass is 16.4. The van der Waals surface area contributed by atoms with Gasteiger partial charge in [0.15, 0.2) is 0 Å². The Morgan fingerprint density at radius 2 is 1.96 bits per heavy atom. The maximum Gasteiger partial charge on any atom is 0.326 e. The molecule has 0 bridgehead atoms. The van der Waals surface area contributed by atoms with E-state index in [2.05, 4.69) is 10.4 Å². The normalized spacial score (nSPS) is 11.7. The number of nitrogens with zero attached hydrogens (tertiary/aromatic N) is 2. The van der Waals surface area contributed by atoms with Crippen LogP contribution < -0.4 is 11.1 Å². The van der Waals surface area contributed by atoms with Crippen molar-refractivity contribution < 1.29 is 19.5 Å². The smallest absolute Gasteiger partial charge is 0.326 e. The van der Waals surface area contributed by atoms with Crippen LogP contribution in [0.5, 0.6) is 0 Å². The highest BCUT2D eigenvalue weighted by Crippen LogP contribution is 2.14. The zero-order chi connectivity index (χ0) is 17.0. The minimum atomic E-state index is -1.38. The van der Waals surface area contributed by atoms with Gasteiger partial charge in [-0.05, 0) is 19.1 Å². The molecule has 2 rings (SSSR count). The topological polar surface area (TPSA) is 127 Å². The van der Waals surface area contributed by atoms with Gasteiger partial charge in [0.25, 0.3) is 5.91 Å². The van der Waals surface area contributed by atoms with Crippen LogP contribution in [-0.2, 0) is 9.59 Å². The van der Waals surface area contributed by atoms with Crippen molar-refractivity contribution in [2.24, 2.45) is 5.73 Å². The van der Waals surface area contributed by atoms with Gasteiger partial charge in [-0.3, -0.25) is 9.59 Å². The molecule has 23 heavy (non-hydrogen) atoms. The average molecular weight is 316 g/mol. The number of carboxylic acids is 1. The summed E-state index contributed by atoms with van der Waals surface area (Å²) in [5, 5.41) is 15.4. The van der Waals surface area contributed by atoms with E-state index in [9.17, 15) is 14.4 Å². The third-order valence-electron chi connectivity index (χ3n) is 3.26. The van der Waals surface area contributed by atoms with E-state index in [0.717, 1.165) is 5.69 Å². The van der Waals surface area contributed by atoms with E-state index < -0.39 is 30.2 Å². The van der Waals surface area contributed by atoms with E-state index in [0.29, 0.717) is 5.69 Å². The van der Waals surface area contributed by atoms with E-state index in [1.165, 1.54) is 6.20 Å². The van der Waals surface area contributed by atoms with Crippen molar-refractivity contribution in [1.29, 1.82) is 0 Å². The van der Waals surface area contributed by atoms with Crippen LogP contribution in [0, 0.1) is 6.92 Å². The van der Waals surface area contributed by atoms with Crippen molar-refractivity contribution in [3.05, 3.63) is 47.8 Å². The number of nitrogens with two attached hydrogens (primary N) is 1. The van der Waals surface area contributed by atoms with Crippen LogP contribution in [-0.4, -0.2) is 38.7 Å². The monoisotopic (exact) mass is 316 g/mol. The number of carboxylic acid groups (broad SMARTS) is 1. The molecule has 0 radical (unpaired) electrons. The van der Waals surface area contributed by atoms with Crippen LogP contribution in [0.3, 0.4) is 0 Å². The Labute approximate surface area is 131 Å². The number of para-hydroxylation sites is 1. The van der Waals surface area contributed by atoms with E-state index in [1.807, 2.05) is 30.3 Å². The van der Waals surface area contributed by atoms with Crippen LogP contribution in [0.4, 0.5) is 0 Å². The lowest BCUT2D eigenvalue weighted by atomic mass is 10.1. The van der Waals surface area contributed by atoms with E-state index in [-0.39, 0.29) is 5.56 Å². The standard InChI is InChI=1S/C15H16N4O4/c1-9-11(8-17-19(9)10-5-3-2-4-6-10)14(21)18-12(15(22)23)7-13(16)20/h2-6,8,12H,7H2,1H3,(H2,16,20)(H,18,21)(H,22,23). The second-order valence-electron chi connectivity index (χ2n) is 4.93. The second-order valence-corrected chi connectivity index (χ2v) is 4.93. The predicted octanol–water partition coefficient (Wildman–Crippen LogP) is 0.239. The van der Waals surface area contributed by atoms with E-state index >= 15 is 0 Å². The summed E-state index contributed by atoms with van der Waals surface area (Å²) >= 11 is 0. The van der Waals surface area contributed by atoms with Gasteiger partial charge in [0.2, 0.25) is 5.91 Å². The Morgan fingerprint density at radius 3 is 2.52 bits per heavy atom. The number of nitrogens with one attached hydrogen (secondary N) is 1. The summed E-state index contributed by atoms with van der Waals surface area (Å²) in [6.45, 7) is 1.69. The summed E-state index contributed by atoms with van der Waals surface area (Å²) in [4.78, 5) is 34.2. The van der Waals surface area contributed by atoms with Crippen molar-refractivity contribution in [3.63, 3.8) is 0 Å². The molecule has 0 aliphatic carbocycles. The van der Waals surface area contributed by atoms with Crippen molar-refractivity contribution in [2.45, 2.75) is 19.4 Å². The van der Waals surface area contributed by atoms with Gasteiger partial charge < -0.3 is 16.2 Å². The van der Waals surface area contributed by atoms with Crippen LogP contribution in [0.15, 0.2) is 36.5 Å². The predicted molar refractivity (Wildman–Crippen MR) is 81.0 cm³/mol. The number of primary amides is 1.